The second-order valence-electron chi connectivity index (χ2n) is 5.76. The van der Waals surface area contributed by atoms with Gasteiger partial charge >= 0.3 is 0 Å². The van der Waals surface area contributed by atoms with Crippen molar-refractivity contribution in [2.45, 2.75) is 32.3 Å². The van der Waals surface area contributed by atoms with E-state index >= 15 is 0 Å². The summed E-state index contributed by atoms with van der Waals surface area (Å²) in [5.74, 6) is 0.688. The fourth-order valence-electron chi connectivity index (χ4n) is 2.94. The van der Waals surface area contributed by atoms with E-state index in [0.29, 0.717) is 25.6 Å². The van der Waals surface area contributed by atoms with E-state index in [0.717, 1.165) is 19.5 Å². The van der Waals surface area contributed by atoms with Crippen LogP contribution in [0.15, 0.2) is 0 Å². The maximum Gasteiger partial charge on any atom is 0.215 e. The molecule has 2 aliphatic heterocycles. The Labute approximate surface area is 117 Å². The van der Waals surface area contributed by atoms with Crippen LogP contribution in [0, 0.1) is 5.92 Å². The van der Waals surface area contributed by atoms with E-state index in [4.69, 9.17) is 4.74 Å². The van der Waals surface area contributed by atoms with E-state index in [-0.39, 0.29) is 11.9 Å². The normalized spacial score (nSPS) is 30.8. The third-order valence-corrected chi connectivity index (χ3v) is 6.23. The number of piperidine rings is 1. The first-order chi connectivity index (χ1) is 9.03. The van der Waals surface area contributed by atoms with E-state index in [1.54, 1.807) is 11.4 Å². The zero-order valence-electron chi connectivity index (χ0n) is 12.0. The lowest BCUT2D eigenvalue weighted by Gasteiger charge is -2.35. The van der Waals surface area contributed by atoms with Gasteiger partial charge in [0.15, 0.2) is 0 Å². The summed E-state index contributed by atoms with van der Waals surface area (Å²) in [4.78, 5) is 2.25. The molecule has 19 heavy (non-hydrogen) atoms. The number of hydrogen-bond donors (Lipinski definition) is 0. The van der Waals surface area contributed by atoms with Gasteiger partial charge < -0.3 is 9.64 Å². The van der Waals surface area contributed by atoms with Crippen LogP contribution in [0.1, 0.15) is 26.2 Å². The fraction of sp³-hybridized carbons (Fsp3) is 1.00. The molecule has 0 aromatic carbocycles. The highest BCUT2D eigenvalue weighted by Gasteiger charge is 2.32. The zero-order valence-corrected chi connectivity index (χ0v) is 12.9. The number of likely N-dealkylation sites (tertiary alicyclic amines) is 1. The van der Waals surface area contributed by atoms with Gasteiger partial charge in [-0.3, -0.25) is 0 Å². The van der Waals surface area contributed by atoms with Gasteiger partial charge in [0.05, 0.1) is 11.9 Å². The van der Waals surface area contributed by atoms with Crippen molar-refractivity contribution in [2.75, 3.05) is 45.6 Å². The zero-order chi connectivity index (χ0) is 13.9. The molecule has 0 spiro atoms. The summed E-state index contributed by atoms with van der Waals surface area (Å²) in [5, 5.41) is 0. The van der Waals surface area contributed by atoms with Crippen LogP contribution in [0.2, 0.25) is 0 Å². The molecule has 6 heteroatoms. The van der Waals surface area contributed by atoms with Crippen LogP contribution in [0.4, 0.5) is 0 Å². The predicted octanol–water partition coefficient (Wildman–Crippen LogP) is 0.769. The molecule has 0 unspecified atom stereocenters. The minimum Gasteiger partial charge on any atom is -0.380 e. The SMILES string of the molecule is CO[C@@H]1CN(S(=O)(=O)CCN2CCCC2)CC[C@H]1C. The maximum absolute atomic E-state index is 12.4. The molecule has 2 aliphatic rings. The van der Waals surface area contributed by atoms with Gasteiger partial charge in [-0.2, -0.15) is 4.31 Å². The molecule has 112 valence electrons. The van der Waals surface area contributed by atoms with Gasteiger partial charge in [0.25, 0.3) is 0 Å². The Morgan fingerprint density at radius 2 is 1.89 bits per heavy atom. The standard InChI is InChI=1S/C13H26N2O3S/c1-12-5-8-15(11-13(12)18-2)19(16,17)10-9-14-6-3-4-7-14/h12-13H,3-11H2,1-2H3/t12-,13-/m1/s1. The van der Waals surface area contributed by atoms with Gasteiger partial charge in [0.2, 0.25) is 10.0 Å². The molecular weight excluding hydrogens is 264 g/mol. The largest absolute Gasteiger partial charge is 0.380 e. The molecule has 2 heterocycles. The van der Waals surface area contributed by atoms with E-state index in [1.165, 1.54) is 12.8 Å². The highest BCUT2D eigenvalue weighted by molar-refractivity contribution is 7.89. The average Bonchev–Trinajstić information content (AvgIpc) is 2.90. The van der Waals surface area contributed by atoms with Gasteiger partial charge in [-0.15, -0.1) is 0 Å². The molecule has 5 nitrogen and oxygen atoms in total. The molecule has 2 saturated heterocycles. The Bertz CT molecular complexity index is 379. The first kappa shape index (κ1) is 15.2. The third-order valence-electron chi connectivity index (χ3n) is 4.41. The Balaban J connectivity index is 1.87. The van der Waals surface area contributed by atoms with E-state index < -0.39 is 10.0 Å². The number of sulfonamides is 1. The van der Waals surface area contributed by atoms with Gasteiger partial charge in [-0.05, 0) is 38.3 Å². The maximum atomic E-state index is 12.4. The summed E-state index contributed by atoms with van der Waals surface area (Å²) in [6, 6.07) is 0. The van der Waals surface area contributed by atoms with Crippen LogP contribution in [-0.4, -0.2) is 69.3 Å². The van der Waals surface area contributed by atoms with Crippen LogP contribution >= 0.6 is 0 Å². The monoisotopic (exact) mass is 290 g/mol. The van der Waals surface area contributed by atoms with Gasteiger partial charge in [-0.25, -0.2) is 8.42 Å². The molecule has 2 atom stereocenters. The molecule has 0 saturated carbocycles. The molecule has 0 aromatic heterocycles. The average molecular weight is 290 g/mol. The lowest BCUT2D eigenvalue weighted by Crippen LogP contribution is -2.48. The van der Waals surface area contributed by atoms with Crippen molar-refractivity contribution in [1.29, 1.82) is 0 Å². The second-order valence-corrected chi connectivity index (χ2v) is 7.85. The quantitative estimate of drug-likeness (QED) is 0.750. The number of hydrogen-bond acceptors (Lipinski definition) is 4. The van der Waals surface area contributed by atoms with Crippen LogP contribution < -0.4 is 0 Å². The van der Waals surface area contributed by atoms with Crippen molar-refractivity contribution < 1.29 is 13.2 Å². The lowest BCUT2D eigenvalue weighted by atomic mass is 9.97. The molecule has 0 aliphatic carbocycles. The van der Waals surface area contributed by atoms with Crippen LogP contribution in [0.25, 0.3) is 0 Å². The molecule has 2 fully saturated rings. The van der Waals surface area contributed by atoms with Gasteiger partial charge in [-0.1, -0.05) is 6.92 Å². The number of ether oxygens (including phenoxy) is 1. The first-order valence-corrected chi connectivity index (χ1v) is 8.87. The summed E-state index contributed by atoms with van der Waals surface area (Å²) < 4.78 is 31.7. The number of rotatable bonds is 5. The number of nitrogens with zero attached hydrogens (tertiary/aromatic N) is 2. The summed E-state index contributed by atoms with van der Waals surface area (Å²) >= 11 is 0. The van der Waals surface area contributed by atoms with E-state index in [9.17, 15) is 8.42 Å². The summed E-state index contributed by atoms with van der Waals surface area (Å²) in [6.45, 7) is 6.05. The molecule has 0 aromatic rings. The van der Waals surface area contributed by atoms with Crippen LogP contribution in [0.3, 0.4) is 0 Å². The molecule has 0 bridgehead atoms. The summed E-state index contributed by atoms with van der Waals surface area (Å²) in [5.41, 5.74) is 0. The summed E-state index contributed by atoms with van der Waals surface area (Å²) in [6.07, 6.45) is 3.33. The predicted molar refractivity (Wildman–Crippen MR) is 75.6 cm³/mol. The highest BCUT2D eigenvalue weighted by atomic mass is 32.2. The van der Waals surface area contributed by atoms with Crippen molar-refractivity contribution in [3.05, 3.63) is 0 Å². The van der Waals surface area contributed by atoms with Gasteiger partial charge in [0.1, 0.15) is 0 Å². The van der Waals surface area contributed by atoms with Crippen molar-refractivity contribution >= 4 is 10.0 Å². The van der Waals surface area contributed by atoms with Crippen molar-refractivity contribution in [3.63, 3.8) is 0 Å². The van der Waals surface area contributed by atoms with E-state index in [2.05, 4.69) is 11.8 Å². The fourth-order valence-corrected chi connectivity index (χ4v) is 4.45. The first-order valence-electron chi connectivity index (χ1n) is 7.26. The van der Waals surface area contributed by atoms with Crippen LogP contribution in [-0.2, 0) is 14.8 Å². The van der Waals surface area contributed by atoms with Crippen molar-refractivity contribution in [3.8, 4) is 0 Å². The Kier molecular flexibility index (Phi) is 5.22. The van der Waals surface area contributed by atoms with Crippen LogP contribution in [0.5, 0.6) is 0 Å². The van der Waals surface area contributed by atoms with Gasteiger partial charge in [0, 0.05) is 26.7 Å². The molecule has 0 radical (unpaired) electrons. The third kappa shape index (κ3) is 3.90. The topological polar surface area (TPSA) is 49.9 Å². The lowest BCUT2D eigenvalue weighted by molar-refractivity contribution is 0.0183. The minimum absolute atomic E-state index is 0.0373. The number of methoxy groups -OCH3 is 1. The Hall–Kier alpha value is -0.170. The second kappa shape index (κ2) is 6.52. The molecule has 0 N–H and O–H groups in total. The molecular formula is C13H26N2O3S. The van der Waals surface area contributed by atoms with Crippen molar-refractivity contribution in [2.24, 2.45) is 5.92 Å². The minimum atomic E-state index is -3.13. The molecule has 0 amide bonds. The Morgan fingerprint density at radius 3 is 2.53 bits per heavy atom. The Morgan fingerprint density at radius 1 is 1.21 bits per heavy atom. The highest BCUT2D eigenvalue weighted by Crippen LogP contribution is 2.22. The van der Waals surface area contributed by atoms with Crippen molar-refractivity contribution in [1.82, 2.24) is 9.21 Å². The summed E-state index contributed by atoms with van der Waals surface area (Å²) in [7, 11) is -1.46. The van der Waals surface area contributed by atoms with E-state index in [1.807, 2.05) is 0 Å². The smallest absolute Gasteiger partial charge is 0.215 e. The molecule has 2 rings (SSSR count).